The number of anilines is 1. The smallest absolute Gasteiger partial charge is 0.242 e. The molecule has 16 heavy (non-hydrogen) atoms. The number of nitrogens with one attached hydrogen (secondary N) is 1. The number of carbonyl (C=O) groups is 1. The number of nitrogens with zero attached hydrogens (tertiary/aromatic N) is 2. The molecule has 0 atom stereocenters. The van der Waals surface area contributed by atoms with Crippen molar-refractivity contribution in [3.05, 3.63) is 12.4 Å². The number of hydrogen-bond donors (Lipinski definition) is 2. The molecule has 1 amide bonds. The number of nitrogen functional groups attached to an aromatic ring is 1. The van der Waals surface area contributed by atoms with E-state index in [0.717, 1.165) is 12.8 Å². The van der Waals surface area contributed by atoms with Gasteiger partial charge in [-0.25, -0.2) is 0 Å². The summed E-state index contributed by atoms with van der Waals surface area (Å²) in [5.74, 6) is -0.0331. The molecule has 0 bridgehead atoms. The lowest BCUT2D eigenvalue weighted by Crippen LogP contribution is -2.46. The summed E-state index contributed by atoms with van der Waals surface area (Å²) in [5.41, 5.74) is 5.96. The molecule has 0 aliphatic heterocycles. The lowest BCUT2D eigenvalue weighted by molar-refractivity contribution is -0.123. The molecule has 0 unspecified atom stereocenters. The molecule has 1 aromatic heterocycles. The zero-order valence-corrected chi connectivity index (χ0v) is 10.2. The summed E-state index contributed by atoms with van der Waals surface area (Å²) in [6.45, 7) is 6.39. The molecule has 0 aliphatic rings. The SMILES string of the molecule is CCC(C)(CC)NC(=O)Cn1cc(N)cn1. The van der Waals surface area contributed by atoms with Crippen LogP contribution in [0.1, 0.15) is 33.6 Å². The Bertz CT molecular complexity index is 355. The second-order valence-electron chi connectivity index (χ2n) is 4.29. The van der Waals surface area contributed by atoms with E-state index in [4.69, 9.17) is 5.73 Å². The van der Waals surface area contributed by atoms with Crippen molar-refractivity contribution in [2.24, 2.45) is 0 Å². The summed E-state index contributed by atoms with van der Waals surface area (Å²) < 4.78 is 1.54. The van der Waals surface area contributed by atoms with E-state index >= 15 is 0 Å². The van der Waals surface area contributed by atoms with Gasteiger partial charge in [-0.2, -0.15) is 5.10 Å². The summed E-state index contributed by atoms with van der Waals surface area (Å²) in [7, 11) is 0. The first-order valence-corrected chi connectivity index (χ1v) is 5.58. The highest BCUT2D eigenvalue weighted by Gasteiger charge is 2.21. The Hall–Kier alpha value is -1.52. The molecule has 0 saturated heterocycles. The van der Waals surface area contributed by atoms with Gasteiger partial charge in [0.05, 0.1) is 11.9 Å². The lowest BCUT2D eigenvalue weighted by Gasteiger charge is -2.28. The molecule has 90 valence electrons. The third-order valence-corrected chi connectivity index (χ3v) is 2.96. The molecule has 0 fully saturated rings. The summed E-state index contributed by atoms with van der Waals surface area (Å²) in [6.07, 6.45) is 5.01. The van der Waals surface area contributed by atoms with Gasteiger partial charge in [-0.15, -0.1) is 0 Å². The second kappa shape index (κ2) is 5.01. The van der Waals surface area contributed by atoms with Crippen molar-refractivity contribution < 1.29 is 4.79 Å². The topological polar surface area (TPSA) is 72.9 Å². The monoisotopic (exact) mass is 224 g/mol. The van der Waals surface area contributed by atoms with Crippen LogP contribution in [0.25, 0.3) is 0 Å². The van der Waals surface area contributed by atoms with Gasteiger partial charge in [0, 0.05) is 11.7 Å². The Morgan fingerprint density at radius 3 is 2.62 bits per heavy atom. The van der Waals surface area contributed by atoms with Crippen LogP contribution < -0.4 is 11.1 Å². The molecule has 3 N–H and O–H groups in total. The van der Waals surface area contributed by atoms with E-state index in [9.17, 15) is 4.79 Å². The predicted molar refractivity (Wildman–Crippen MR) is 63.8 cm³/mol. The van der Waals surface area contributed by atoms with Crippen molar-refractivity contribution in [2.45, 2.75) is 45.7 Å². The fraction of sp³-hybridized carbons (Fsp3) is 0.636. The summed E-state index contributed by atoms with van der Waals surface area (Å²) in [4.78, 5) is 11.7. The van der Waals surface area contributed by atoms with E-state index < -0.39 is 0 Å². The maximum Gasteiger partial charge on any atom is 0.242 e. The minimum atomic E-state index is -0.129. The molecule has 1 heterocycles. The third kappa shape index (κ3) is 3.25. The van der Waals surface area contributed by atoms with Crippen LogP contribution in [-0.2, 0) is 11.3 Å². The van der Waals surface area contributed by atoms with Gasteiger partial charge in [0.2, 0.25) is 5.91 Å². The van der Waals surface area contributed by atoms with Gasteiger partial charge < -0.3 is 11.1 Å². The van der Waals surface area contributed by atoms with E-state index in [2.05, 4.69) is 24.3 Å². The van der Waals surface area contributed by atoms with Crippen molar-refractivity contribution in [3.63, 3.8) is 0 Å². The second-order valence-corrected chi connectivity index (χ2v) is 4.29. The maximum absolute atomic E-state index is 11.7. The fourth-order valence-electron chi connectivity index (χ4n) is 1.42. The van der Waals surface area contributed by atoms with E-state index in [1.54, 1.807) is 6.20 Å². The Labute approximate surface area is 96.0 Å². The summed E-state index contributed by atoms with van der Waals surface area (Å²) in [5, 5.41) is 6.98. The van der Waals surface area contributed by atoms with Crippen molar-refractivity contribution in [2.75, 3.05) is 5.73 Å². The average molecular weight is 224 g/mol. The largest absolute Gasteiger partial charge is 0.396 e. The van der Waals surface area contributed by atoms with E-state index in [-0.39, 0.29) is 18.0 Å². The standard InChI is InChI=1S/C11H20N4O/c1-4-11(3,5-2)14-10(16)8-15-7-9(12)6-13-15/h6-7H,4-5,8,12H2,1-3H3,(H,14,16). The highest BCUT2D eigenvalue weighted by Crippen LogP contribution is 2.13. The minimum Gasteiger partial charge on any atom is -0.396 e. The van der Waals surface area contributed by atoms with E-state index in [1.807, 2.05) is 6.92 Å². The van der Waals surface area contributed by atoms with Crippen LogP contribution in [0.4, 0.5) is 5.69 Å². The number of carbonyl (C=O) groups excluding carboxylic acids is 1. The zero-order chi connectivity index (χ0) is 12.2. The Morgan fingerprint density at radius 1 is 1.56 bits per heavy atom. The van der Waals surface area contributed by atoms with Crippen molar-refractivity contribution in [1.82, 2.24) is 15.1 Å². The zero-order valence-electron chi connectivity index (χ0n) is 10.2. The van der Waals surface area contributed by atoms with Gasteiger partial charge in [0.25, 0.3) is 0 Å². The third-order valence-electron chi connectivity index (χ3n) is 2.96. The molecule has 0 aliphatic carbocycles. The number of rotatable bonds is 5. The molecule has 1 rings (SSSR count). The predicted octanol–water partition coefficient (Wildman–Crippen LogP) is 1.16. The Kier molecular flexibility index (Phi) is 3.93. The number of aromatic nitrogens is 2. The van der Waals surface area contributed by atoms with Crippen LogP contribution in [0.15, 0.2) is 12.4 Å². The average Bonchev–Trinajstić information content (AvgIpc) is 2.63. The first-order chi connectivity index (χ1) is 7.49. The summed E-state index contributed by atoms with van der Waals surface area (Å²) in [6, 6.07) is 0. The van der Waals surface area contributed by atoms with Crippen LogP contribution in [0.5, 0.6) is 0 Å². The summed E-state index contributed by atoms with van der Waals surface area (Å²) >= 11 is 0. The van der Waals surface area contributed by atoms with Crippen molar-refractivity contribution in [1.29, 1.82) is 0 Å². The van der Waals surface area contributed by atoms with Crippen LogP contribution in [0.3, 0.4) is 0 Å². The molecule has 0 aromatic carbocycles. The minimum absolute atomic E-state index is 0.0331. The molecule has 0 saturated carbocycles. The Balaban J connectivity index is 2.53. The van der Waals surface area contributed by atoms with E-state index in [1.165, 1.54) is 10.9 Å². The molecule has 5 heteroatoms. The Morgan fingerprint density at radius 2 is 2.19 bits per heavy atom. The van der Waals surface area contributed by atoms with Gasteiger partial charge >= 0.3 is 0 Å². The lowest BCUT2D eigenvalue weighted by atomic mass is 9.95. The van der Waals surface area contributed by atoms with Crippen molar-refractivity contribution >= 4 is 11.6 Å². The molecule has 0 radical (unpaired) electrons. The fourth-order valence-corrected chi connectivity index (χ4v) is 1.42. The molecular formula is C11H20N4O. The number of amides is 1. The molecule has 0 spiro atoms. The quantitative estimate of drug-likeness (QED) is 0.788. The highest BCUT2D eigenvalue weighted by molar-refractivity contribution is 5.76. The van der Waals surface area contributed by atoms with Crippen LogP contribution in [0.2, 0.25) is 0 Å². The van der Waals surface area contributed by atoms with Gasteiger partial charge in [-0.1, -0.05) is 13.8 Å². The van der Waals surface area contributed by atoms with E-state index in [0.29, 0.717) is 5.69 Å². The van der Waals surface area contributed by atoms with Crippen LogP contribution in [-0.4, -0.2) is 21.2 Å². The molecule has 5 nitrogen and oxygen atoms in total. The van der Waals surface area contributed by atoms with Crippen LogP contribution in [0, 0.1) is 0 Å². The molecular weight excluding hydrogens is 204 g/mol. The van der Waals surface area contributed by atoms with Crippen molar-refractivity contribution in [3.8, 4) is 0 Å². The normalized spacial score (nSPS) is 11.4. The van der Waals surface area contributed by atoms with Gasteiger partial charge in [0.15, 0.2) is 0 Å². The van der Waals surface area contributed by atoms with Gasteiger partial charge in [-0.3, -0.25) is 9.48 Å². The molecule has 1 aromatic rings. The maximum atomic E-state index is 11.7. The number of hydrogen-bond acceptors (Lipinski definition) is 3. The van der Waals surface area contributed by atoms with Gasteiger partial charge in [-0.05, 0) is 19.8 Å². The first-order valence-electron chi connectivity index (χ1n) is 5.58. The number of nitrogens with two attached hydrogens (primary N) is 1. The first kappa shape index (κ1) is 12.5. The van der Waals surface area contributed by atoms with Gasteiger partial charge in [0.1, 0.15) is 6.54 Å². The highest BCUT2D eigenvalue weighted by atomic mass is 16.2. The van der Waals surface area contributed by atoms with Crippen LogP contribution >= 0.6 is 0 Å².